The second-order valence-corrected chi connectivity index (χ2v) is 7.39. The average molecular weight is 438 g/mol. The van der Waals surface area contributed by atoms with Gasteiger partial charge in [-0.1, -0.05) is 48.5 Å². The summed E-state index contributed by atoms with van der Waals surface area (Å²) in [6.45, 7) is -0.0812. The van der Waals surface area contributed by atoms with E-state index in [4.69, 9.17) is 10.5 Å². The van der Waals surface area contributed by atoms with Crippen LogP contribution < -0.4 is 16.4 Å². The first-order valence-corrected chi connectivity index (χ1v) is 10.2. The number of aromatic amines is 1. The predicted octanol–water partition coefficient (Wildman–Crippen LogP) is 1.36. The molecule has 6 N–H and O–H groups in total. The quantitative estimate of drug-likeness (QED) is 0.324. The molecule has 3 aromatic rings. The fourth-order valence-electron chi connectivity index (χ4n) is 3.26. The summed E-state index contributed by atoms with van der Waals surface area (Å²) in [5.74, 6) is -1.23. The maximum absolute atomic E-state index is 12.3. The molecule has 0 saturated carbocycles. The lowest BCUT2D eigenvalue weighted by molar-refractivity contribution is -0.128. The van der Waals surface area contributed by atoms with Crippen molar-refractivity contribution in [1.82, 2.24) is 15.6 Å². The third-order valence-electron chi connectivity index (χ3n) is 4.89. The fourth-order valence-corrected chi connectivity index (χ4v) is 3.26. The zero-order valence-corrected chi connectivity index (χ0v) is 17.4. The monoisotopic (exact) mass is 438 g/mol. The van der Waals surface area contributed by atoms with Gasteiger partial charge < -0.3 is 31.2 Å². The zero-order valence-electron chi connectivity index (χ0n) is 17.4. The van der Waals surface area contributed by atoms with Gasteiger partial charge in [-0.15, -0.1) is 0 Å². The standard InChI is InChI=1S/C23H26N4O5/c24-22(30)20(10-16-12-25-19-9-5-4-8-18(16)19)27-21(29)11-17(28)13-26-23(31)32-14-15-6-2-1-3-7-15/h1-9,12,17,20,25,28H,10-11,13-14H2,(H2,24,30)(H,26,31)(H,27,29)/t17-,20+/m0/s1. The van der Waals surface area contributed by atoms with Gasteiger partial charge in [0.2, 0.25) is 11.8 Å². The lowest BCUT2D eigenvalue weighted by atomic mass is 10.0. The SMILES string of the molecule is NC(=O)[C@@H](Cc1c[nH]c2ccccc12)NC(=O)C[C@H](O)CNC(=O)OCc1ccccc1. The molecule has 2 aromatic carbocycles. The highest BCUT2D eigenvalue weighted by Gasteiger charge is 2.22. The Balaban J connectivity index is 1.44. The molecule has 168 valence electrons. The van der Waals surface area contributed by atoms with Crippen molar-refractivity contribution in [2.24, 2.45) is 5.73 Å². The van der Waals surface area contributed by atoms with E-state index < -0.39 is 30.1 Å². The third-order valence-corrected chi connectivity index (χ3v) is 4.89. The van der Waals surface area contributed by atoms with Crippen molar-refractivity contribution in [2.75, 3.05) is 6.54 Å². The van der Waals surface area contributed by atoms with E-state index in [9.17, 15) is 19.5 Å². The molecule has 0 fully saturated rings. The molecule has 3 amide bonds. The number of benzene rings is 2. The minimum Gasteiger partial charge on any atom is -0.445 e. The highest BCUT2D eigenvalue weighted by molar-refractivity contribution is 5.89. The molecule has 0 unspecified atom stereocenters. The van der Waals surface area contributed by atoms with Gasteiger partial charge in [0.25, 0.3) is 0 Å². The van der Waals surface area contributed by atoms with Crippen molar-refractivity contribution in [1.29, 1.82) is 0 Å². The molecule has 3 rings (SSSR count). The van der Waals surface area contributed by atoms with E-state index in [1.807, 2.05) is 54.6 Å². The summed E-state index contributed by atoms with van der Waals surface area (Å²) >= 11 is 0. The molecule has 0 aliphatic carbocycles. The lowest BCUT2D eigenvalue weighted by Gasteiger charge is -2.17. The van der Waals surface area contributed by atoms with Crippen LogP contribution in [0.1, 0.15) is 17.5 Å². The van der Waals surface area contributed by atoms with Gasteiger partial charge in [-0.2, -0.15) is 0 Å². The normalized spacial score (nSPS) is 12.7. The van der Waals surface area contributed by atoms with Gasteiger partial charge in [0.15, 0.2) is 0 Å². The van der Waals surface area contributed by atoms with Crippen molar-refractivity contribution in [3.63, 3.8) is 0 Å². The Morgan fingerprint density at radius 3 is 2.53 bits per heavy atom. The molecule has 1 aromatic heterocycles. The molecule has 0 spiro atoms. The van der Waals surface area contributed by atoms with Crippen LogP contribution in [-0.4, -0.2) is 46.7 Å². The molecular weight excluding hydrogens is 412 g/mol. The summed E-state index contributed by atoms with van der Waals surface area (Å²) in [5, 5.41) is 15.9. The van der Waals surface area contributed by atoms with Crippen molar-refractivity contribution >= 4 is 28.8 Å². The Morgan fingerprint density at radius 1 is 1.06 bits per heavy atom. The van der Waals surface area contributed by atoms with Crippen LogP contribution in [0.4, 0.5) is 4.79 Å². The number of alkyl carbamates (subject to hydrolysis) is 1. The van der Waals surface area contributed by atoms with Crippen LogP contribution in [0.5, 0.6) is 0 Å². The van der Waals surface area contributed by atoms with E-state index in [0.717, 1.165) is 22.0 Å². The molecular formula is C23H26N4O5. The number of amides is 3. The van der Waals surface area contributed by atoms with Gasteiger partial charge in [-0.25, -0.2) is 4.79 Å². The molecule has 9 nitrogen and oxygen atoms in total. The molecule has 0 saturated heterocycles. The summed E-state index contributed by atoms with van der Waals surface area (Å²) in [6, 6.07) is 15.8. The van der Waals surface area contributed by atoms with Gasteiger partial charge in [0, 0.05) is 30.1 Å². The summed E-state index contributed by atoms with van der Waals surface area (Å²) in [6.07, 6.45) is -0.183. The molecule has 0 aliphatic heterocycles. The fraction of sp³-hybridized carbons (Fsp3) is 0.261. The van der Waals surface area contributed by atoms with Crippen molar-refractivity contribution in [3.05, 3.63) is 71.9 Å². The smallest absolute Gasteiger partial charge is 0.407 e. The van der Waals surface area contributed by atoms with Gasteiger partial charge in [0.1, 0.15) is 12.6 Å². The number of fused-ring (bicyclic) bond motifs is 1. The number of H-pyrrole nitrogens is 1. The van der Waals surface area contributed by atoms with E-state index in [1.54, 1.807) is 6.20 Å². The number of para-hydroxylation sites is 1. The van der Waals surface area contributed by atoms with Crippen LogP contribution in [0.3, 0.4) is 0 Å². The number of nitrogens with two attached hydrogens (primary N) is 1. The largest absolute Gasteiger partial charge is 0.445 e. The number of aliphatic hydroxyl groups excluding tert-OH is 1. The topological polar surface area (TPSA) is 147 Å². The summed E-state index contributed by atoms with van der Waals surface area (Å²) in [5.41, 5.74) is 8.04. The zero-order chi connectivity index (χ0) is 22.9. The number of rotatable bonds is 10. The second kappa shape index (κ2) is 11.0. The first-order chi connectivity index (χ1) is 15.4. The van der Waals surface area contributed by atoms with E-state index in [0.29, 0.717) is 0 Å². The van der Waals surface area contributed by atoms with Gasteiger partial charge >= 0.3 is 6.09 Å². The Hall–Kier alpha value is -3.85. The number of aliphatic hydroxyl groups is 1. The number of primary amides is 1. The molecule has 2 atom stereocenters. The number of ether oxygens (including phenoxy) is 1. The van der Waals surface area contributed by atoms with Gasteiger partial charge in [-0.3, -0.25) is 9.59 Å². The average Bonchev–Trinajstić information content (AvgIpc) is 3.19. The van der Waals surface area contributed by atoms with Crippen LogP contribution in [-0.2, 0) is 27.4 Å². The Morgan fingerprint density at radius 2 is 1.78 bits per heavy atom. The number of nitrogens with one attached hydrogen (secondary N) is 3. The molecule has 0 bridgehead atoms. The lowest BCUT2D eigenvalue weighted by Crippen LogP contribution is -2.47. The summed E-state index contributed by atoms with van der Waals surface area (Å²) in [7, 11) is 0. The van der Waals surface area contributed by atoms with Crippen molar-refractivity contribution in [3.8, 4) is 0 Å². The summed E-state index contributed by atoms with van der Waals surface area (Å²) in [4.78, 5) is 39.0. The first-order valence-electron chi connectivity index (χ1n) is 10.2. The number of aromatic nitrogens is 1. The minimum atomic E-state index is -1.15. The van der Waals surface area contributed by atoms with Gasteiger partial charge in [0.05, 0.1) is 12.5 Å². The van der Waals surface area contributed by atoms with Crippen molar-refractivity contribution in [2.45, 2.75) is 31.6 Å². The van der Waals surface area contributed by atoms with Crippen LogP contribution in [0.2, 0.25) is 0 Å². The van der Waals surface area contributed by atoms with E-state index in [-0.39, 0.29) is 26.0 Å². The van der Waals surface area contributed by atoms with Crippen LogP contribution in [0.25, 0.3) is 10.9 Å². The Kier molecular flexibility index (Phi) is 7.82. The number of hydrogen-bond donors (Lipinski definition) is 5. The van der Waals surface area contributed by atoms with Crippen molar-refractivity contribution < 1.29 is 24.2 Å². The Bertz CT molecular complexity index is 1070. The number of carbonyl (C=O) groups excluding carboxylic acids is 3. The van der Waals surface area contributed by atoms with Crippen LogP contribution in [0, 0.1) is 0 Å². The van der Waals surface area contributed by atoms with Crippen LogP contribution >= 0.6 is 0 Å². The number of hydrogen-bond acceptors (Lipinski definition) is 5. The maximum Gasteiger partial charge on any atom is 0.407 e. The van der Waals surface area contributed by atoms with E-state index in [2.05, 4.69) is 15.6 Å². The highest BCUT2D eigenvalue weighted by atomic mass is 16.5. The number of carbonyl (C=O) groups is 3. The summed E-state index contributed by atoms with van der Waals surface area (Å²) < 4.78 is 5.05. The minimum absolute atomic E-state index is 0.0946. The third kappa shape index (κ3) is 6.58. The van der Waals surface area contributed by atoms with E-state index in [1.165, 1.54) is 0 Å². The molecule has 0 radical (unpaired) electrons. The molecule has 32 heavy (non-hydrogen) atoms. The maximum atomic E-state index is 12.3. The second-order valence-electron chi connectivity index (χ2n) is 7.39. The Labute approximate surface area is 184 Å². The highest BCUT2D eigenvalue weighted by Crippen LogP contribution is 2.19. The molecule has 1 heterocycles. The molecule has 0 aliphatic rings. The first kappa shape index (κ1) is 22.8. The molecule has 9 heteroatoms. The van der Waals surface area contributed by atoms with Crippen LogP contribution in [0.15, 0.2) is 60.8 Å². The predicted molar refractivity (Wildman–Crippen MR) is 118 cm³/mol. The van der Waals surface area contributed by atoms with Gasteiger partial charge in [-0.05, 0) is 17.2 Å². The van der Waals surface area contributed by atoms with E-state index >= 15 is 0 Å².